The molecular formula is C17H24N4O2. The molecule has 1 aromatic heterocycles. The summed E-state index contributed by atoms with van der Waals surface area (Å²) in [6.45, 7) is 8.62. The van der Waals surface area contributed by atoms with E-state index in [4.69, 9.17) is 0 Å². The van der Waals surface area contributed by atoms with Gasteiger partial charge >= 0.3 is 0 Å². The summed E-state index contributed by atoms with van der Waals surface area (Å²) >= 11 is 0. The molecular weight excluding hydrogens is 292 g/mol. The minimum Gasteiger partial charge on any atom is -0.364 e. The summed E-state index contributed by atoms with van der Waals surface area (Å²) in [7, 11) is 6.59. The lowest BCUT2D eigenvalue weighted by atomic mass is 10.2. The number of rotatable bonds is 7. The van der Waals surface area contributed by atoms with Crippen LogP contribution in [0.3, 0.4) is 0 Å². The van der Waals surface area contributed by atoms with Gasteiger partial charge in [0.15, 0.2) is 0 Å². The summed E-state index contributed by atoms with van der Waals surface area (Å²) in [5, 5.41) is 0. The van der Waals surface area contributed by atoms with Crippen molar-refractivity contribution in [1.29, 1.82) is 0 Å². The highest BCUT2D eigenvalue weighted by Crippen LogP contribution is 2.19. The van der Waals surface area contributed by atoms with Gasteiger partial charge in [-0.25, -0.2) is 4.98 Å². The van der Waals surface area contributed by atoms with Gasteiger partial charge in [0.25, 0.3) is 11.8 Å². The number of aromatic nitrogens is 1. The molecule has 0 saturated carbocycles. The molecule has 1 rings (SSSR count). The Labute approximate surface area is 137 Å². The smallest absolute Gasteiger partial charge is 0.272 e. The fraction of sp³-hybridized carbons (Fsp3) is 0.353. The van der Waals surface area contributed by atoms with Gasteiger partial charge in [-0.3, -0.25) is 9.59 Å². The van der Waals surface area contributed by atoms with Gasteiger partial charge in [0.05, 0.1) is 0 Å². The molecule has 0 atom stereocenters. The quantitative estimate of drug-likeness (QED) is 0.718. The highest BCUT2D eigenvalue weighted by atomic mass is 16.2. The molecule has 6 heteroatoms. The Hall–Kier alpha value is -2.63. The molecule has 0 fully saturated rings. The molecule has 1 heterocycles. The molecule has 0 unspecified atom stereocenters. The van der Waals surface area contributed by atoms with E-state index in [1.165, 1.54) is 9.80 Å². The molecule has 1 aromatic rings. The van der Waals surface area contributed by atoms with Crippen molar-refractivity contribution in [3.8, 4) is 0 Å². The second-order valence-electron chi connectivity index (χ2n) is 5.48. The first-order valence-corrected chi connectivity index (χ1v) is 7.24. The molecule has 0 radical (unpaired) electrons. The van der Waals surface area contributed by atoms with Gasteiger partial charge in [0.1, 0.15) is 11.4 Å². The third-order valence-electron chi connectivity index (χ3n) is 3.12. The third kappa shape index (κ3) is 4.67. The molecule has 23 heavy (non-hydrogen) atoms. The Morgan fingerprint density at radius 2 is 1.35 bits per heavy atom. The van der Waals surface area contributed by atoms with Crippen molar-refractivity contribution in [3.63, 3.8) is 0 Å². The van der Waals surface area contributed by atoms with Crippen molar-refractivity contribution in [3.05, 3.63) is 48.8 Å². The van der Waals surface area contributed by atoms with Gasteiger partial charge in [-0.15, -0.1) is 13.2 Å². The average Bonchev–Trinajstić information content (AvgIpc) is 2.52. The summed E-state index contributed by atoms with van der Waals surface area (Å²) in [5.41, 5.74) is 1.20. The minimum absolute atomic E-state index is 0.232. The highest BCUT2D eigenvalue weighted by Gasteiger charge is 2.19. The van der Waals surface area contributed by atoms with Crippen LogP contribution in [0.25, 0.3) is 0 Å². The van der Waals surface area contributed by atoms with Crippen LogP contribution in [0.15, 0.2) is 37.4 Å². The predicted molar refractivity (Wildman–Crippen MR) is 92.9 cm³/mol. The van der Waals surface area contributed by atoms with E-state index < -0.39 is 0 Å². The van der Waals surface area contributed by atoms with Gasteiger partial charge in [0.2, 0.25) is 0 Å². The Balaban J connectivity index is 3.43. The molecule has 0 aromatic carbocycles. The van der Waals surface area contributed by atoms with E-state index in [1.54, 1.807) is 52.5 Å². The number of carbonyl (C=O) groups excluding carboxylic acids is 2. The minimum atomic E-state index is -0.253. The molecule has 0 aliphatic rings. The molecule has 2 amide bonds. The van der Waals surface area contributed by atoms with Crippen LogP contribution in [0.1, 0.15) is 21.0 Å². The summed E-state index contributed by atoms with van der Waals surface area (Å²) in [4.78, 5) is 33.6. The maximum atomic E-state index is 12.3. The summed E-state index contributed by atoms with van der Waals surface area (Å²) in [6.07, 6.45) is 3.51. The lowest BCUT2D eigenvalue weighted by Crippen LogP contribution is -2.29. The first kappa shape index (κ1) is 18.4. The van der Waals surface area contributed by atoms with E-state index in [1.807, 2.05) is 4.90 Å². The Bertz CT molecular complexity index is 560. The molecule has 0 spiro atoms. The Morgan fingerprint density at radius 3 is 1.65 bits per heavy atom. The molecule has 0 saturated heterocycles. The van der Waals surface area contributed by atoms with Crippen LogP contribution in [0, 0.1) is 0 Å². The van der Waals surface area contributed by atoms with E-state index in [9.17, 15) is 9.59 Å². The fourth-order valence-electron chi connectivity index (χ4n) is 1.97. The number of hydrogen-bond donors (Lipinski definition) is 0. The largest absolute Gasteiger partial charge is 0.364 e. The maximum Gasteiger partial charge on any atom is 0.272 e. The second kappa shape index (κ2) is 8.12. The van der Waals surface area contributed by atoms with E-state index >= 15 is 0 Å². The van der Waals surface area contributed by atoms with E-state index in [0.29, 0.717) is 13.1 Å². The Morgan fingerprint density at radius 1 is 0.957 bits per heavy atom. The van der Waals surface area contributed by atoms with E-state index in [0.717, 1.165) is 5.69 Å². The van der Waals surface area contributed by atoms with Crippen molar-refractivity contribution in [2.75, 3.05) is 46.2 Å². The molecule has 6 nitrogen and oxygen atoms in total. The van der Waals surface area contributed by atoms with Gasteiger partial charge in [-0.2, -0.15) is 0 Å². The van der Waals surface area contributed by atoms with Crippen molar-refractivity contribution >= 4 is 17.5 Å². The van der Waals surface area contributed by atoms with Crippen LogP contribution in [-0.2, 0) is 0 Å². The number of amides is 2. The van der Waals surface area contributed by atoms with Crippen LogP contribution in [-0.4, -0.2) is 67.9 Å². The van der Waals surface area contributed by atoms with E-state index in [-0.39, 0.29) is 23.2 Å². The van der Waals surface area contributed by atoms with Crippen LogP contribution >= 0.6 is 0 Å². The van der Waals surface area contributed by atoms with Crippen LogP contribution in [0.2, 0.25) is 0 Å². The summed E-state index contributed by atoms with van der Waals surface area (Å²) < 4.78 is 0. The van der Waals surface area contributed by atoms with Gasteiger partial charge in [-0.05, 0) is 12.1 Å². The molecule has 0 N–H and O–H groups in total. The van der Waals surface area contributed by atoms with Gasteiger partial charge < -0.3 is 14.7 Å². The Kier molecular flexibility index (Phi) is 6.50. The predicted octanol–water partition coefficient (Wildman–Crippen LogP) is 1.66. The monoisotopic (exact) mass is 316 g/mol. The number of pyridine rings is 1. The average molecular weight is 316 g/mol. The van der Waals surface area contributed by atoms with Gasteiger partial charge in [-0.1, -0.05) is 12.2 Å². The molecule has 0 aliphatic heterocycles. The fourth-order valence-corrected chi connectivity index (χ4v) is 1.97. The van der Waals surface area contributed by atoms with Crippen LogP contribution in [0.5, 0.6) is 0 Å². The lowest BCUT2D eigenvalue weighted by Gasteiger charge is -2.23. The zero-order valence-electron chi connectivity index (χ0n) is 14.2. The SMILES string of the molecule is C=CCN(CC=C)c1cc(C(=O)N(C)C)nc(C(=O)N(C)C)c1. The lowest BCUT2D eigenvalue weighted by molar-refractivity contribution is 0.0815. The molecule has 0 aliphatic carbocycles. The normalized spacial score (nSPS) is 9.91. The maximum absolute atomic E-state index is 12.3. The second-order valence-corrected chi connectivity index (χ2v) is 5.48. The number of carbonyl (C=O) groups is 2. The zero-order valence-corrected chi connectivity index (χ0v) is 14.2. The molecule has 124 valence electrons. The standard InChI is InChI=1S/C17H24N4O2/c1-7-9-21(10-8-2)13-11-14(16(22)19(3)4)18-15(12-13)17(23)20(5)6/h7-8,11-12H,1-2,9-10H2,3-6H3. The van der Waals surface area contributed by atoms with Gasteiger partial charge in [0, 0.05) is 47.0 Å². The van der Waals surface area contributed by atoms with Crippen molar-refractivity contribution in [2.45, 2.75) is 0 Å². The van der Waals surface area contributed by atoms with Crippen molar-refractivity contribution in [2.24, 2.45) is 0 Å². The summed E-state index contributed by atoms with van der Waals surface area (Å²) in [5.74, 6) is -0.506. The van der Waals surface area contributed by atoms with Crippen LogP contribution in [0.4, 0.5) is 5.69 Å². The summed E-state index contributed by atoms with van der Waals surface area (Å²) in [6, 6.07) is 3.36. The van der Waals surface area contributed by atoms with Crippen LogP contribution < -0.4 is 4.90 Å². The zero-order chi connectivity index (χ0) is 17.6. The van der Waals surface area contributed by atoms with Crippen molar-refractivity contribution < 1.29 is 9.59 Å². The third-order valence-corrected chi connectivity index (χ3v) is 3.12. The number of anilines is 1. The molecule has 0 bridgehead atoms. The highest BCUT2D eigenvalue weighted by molar-refractivity contribution is 5.97. The number of nitrogens with zero attached hydrogens (tertiary/aromatic N) is 4. The first-order chi connectivity index (χ1) is 10.8. The first-order valence-electron chi connectivity index (χ1n) is 7.24. The van der Waals surface area contributed by atoms with Crippen molar-refractivity contribution in [1.82, 2.24) is 14.8 Å². The van der Waals surface area contributed by atoms with E-state index in [2.05, 4.69) is 18.1 Å². The topological polar surface area (TPSA) is 56.8 Å². The number of hydrogen-bond acceptors (Lipinski definition) is 4.